The van der Waals surface area contributed by atoms with Gasteiger partial charge < -0.3 is 0 Å². The Morgan fingerprint density at radius 3 is 2.67 bits per heavy atom. The van der Waals surface area contributed by atoms with E-state index in [-0.39, 0.29) is 5.82 Å². The summed E-state index contributed by atoms with van der Waals surface area (Å²) < 4.78 is 15.4. The van der Waals surface area contributed by atoms with Crippen molar-refractivity contribution in [1.29, 1.82) is 0 Å². The van der Waals surface area contributed by atoms with Gasteiger partial charge in [0.25, 0.3) is 0 Å². The van der Waals surface area contributed by atoms with Crippen molar-refractivity contribution in [3.63, 3.8) is 0 Å². The van der Waals surface area contributed by atoms with Crippen molar-refractivity contribution in [3.8, 4) is 11.3 Å². The molecule has 0 bridgehead atoms. The van der Waals surface area contributed by atoms with Crippen LogP contribution in [0.25, 0.3) is 11.3 Å². The Balaban J connectivity index is 2.11. The summed E-state index contributed by atoms with van der Waals surface area (Å²) in [5, 5.41) is 7.35. The van der Waals surface area contributed by atoms with Gasteiger partial charge in [0.15, 0.2) is 0 Å². The Kier molecular flexibility index (Phi) is 5.14. The monoisotopic (exact) mass is 379 g/mol. The maximum Gasteiger partial charge on any atom is 0.205 e. The van der Waals surface area contributed by atoms with Gasteiger partial charge >= 0.3 is 0 Å². The van der Waals surface area contributed by atoms with E-state index in [0.717, 1.165) is 11.3 Å². The molecule has 3 nitrogen and oxygen atoms in total. The number of aromatic nitrogens is 1. The molecule has 0 N–H and O–H groups in total. The topological polar surface area (TPSA) is 29.6 Å². The van der Waals surface area contributed by atoms with Crippen molar-refractivity contribution in [2.45, 2.75) is 0 Å². The van der Waals surface area contributed by atoms with Crippen molar-refractivity contribution < 1.29 is 4.39 Å². The molecule has 0 radical (unpaired) electrons. The highest BCUT2D eigenvalue weighted by atomic mass is 35.5. The zero-order valence-corrected chi connectivity index (χ0v) is 14.9. The molecule has 24 heavy (non-hydrogen) atoms. The van der Waals surface area contributed by atoms with Gasteiger partial charge in [-0.25, -0.2) is 9.07 Å². The third-order valence-electron chi connectivity index (χ3n) is 3.30. The van der Waals surface area contributed by atoms with Crippen LogP contribution in [0, 0.1) is 5.82 Å². The molecule has 0 aliphatic heterocycles. The highest BCUT2D eigenvalue weighted by molar-refractivity contribution is 7.07. The smallest absolute Gasteiger partial charge is 0.205 e. The van der Waals surface area contributed by atoms with E-state index < -0.39 is 0 Å². The van der Waals surface area contributed by atoms with Gasteiger partial charge in [-0.3, -0.25) is 4.99 Å². The lowest BCUT2D eigenvalue weighted by Gasteiger charge is -2.06. The van der Waals surface area contributed by atoms with Gasteiger partial charge in [0.05, 0.1) is 16.9 Å². The predicted molar refractivity (Wildman–Crippen MR) is 98.6 cm³/mol. The Labute approximate surface area is 152 Å². The van der Waals surface area contributed by atoms with Gasteiger partial charge in [0.1, 0.15) is 5.82 Å². The molecular formula is C17H12Cl2FN3S. The molecule has 122 valence electrons. The van der Waals surface area contributed by atoms with E-state index in [1.807, 2.05) is 11.4 Å². The normalized spacial score (nSPS) is 12.2. The van der Waals surface area contributed by atoms with Crippen molar-refractivity contribution in [2.24, 2.45) is 10.1 Å². The van der Waals surface area contributed by atoms with Gasteiger partial charge in [0, 0.05) is 28.6 Å². The lowest BCUT2D eigenvalue weighted by Crippen LogP contribution is -2.11. The molecule has 0 unspecified atom stereocenters. The summed E-state index contributed by atoms with van der Waals surface area (Å²) in [7, 11) is 1.67. The third kappa shape index (κ3) is 3.43. The second-order valence-electron chi connectivity index (χ2n) is 4.83. The second kappa shape index (κ2) is 7.30. The summed E-state index contributed by atoms with van der Waals surface area (Å²) in [4.78, 5) is 4.87. The van der Waals surface area contributed by atoms with E-state index in [9.17, 15) is 4.39 Å². The molecule has 3 rings (SSSR count). The zero-order chi connectivity index (χ0) is 17.1. The third-order valence-corrected chi connectivity index (χ3v) is 4.76. The van der Waals surface area contributed by atoms with Crippen molar-refractivity contribution in [3.05, 3.63) is 74.1 Å². The van der Waals surface area contributed by atoms with Gasteiger partial charge in [-0.2, -0.15) is 5.10 Å². The van der Waals surface area contributed by atoms with E-state index in [2.05, 4.69) is 10.1 Å². The van der Waals surface area contributed by atoms with Gasteiger partial charge in [-0.15, -0.1) is 11.3 Å². The largest absolute Gasteiger partial charge is 0.261 e. The van der Waals surface area contributed by atoms with Crippen LogP contribution in [0.3, 0.4) is 0 Å². The second-order valence-corrected chi connectivity index (χ2v) is 6.51. The molecule has 1 heterocycles. The van der Waals surface area contributed by atoms with Crippen LogP contribution in [0.1, 0.15) is 5.56 Å². The fourth-order valence-corrected chi connectivity index (χ4v) is 3.44. The molecule has 0 fully saturated rings. The summed E-state index contributed by atoms with van der Waals surface area (Å²) in [5.74, 6) is -0.335. The number of rotatable bonds is 3. The Morgan fingerprint density at radius 1 is 1.17 bits per heavy atom. The van der Waals surface area contributed by atoms with Crippen LogP contribution in [0.5, 0.6) is 0 Å². The maximum atomic E-state index is 13.8. The van der Waals surface area contributed by atoms with Crippen molar-refractivity contribution in [1.82, 2.24) is 4.68 Å². The summed E-state index contributed by atoms with van der Waals surface area (Å²) in [6, 6.07) is 11.7. The first kappa shape index (κ1) is 16.9. The summed E-state index contributed by atoms with van der Waals surface area (Å²) in [5.41, 5.74) is 1.93. The maximum absolute atomic E-state index is 13.8. The molecule has 1 aromatic heterocycles. The summed E-state index contributed by atoms with van der Waals surface area (Å²) in [6.07, 6.45) is 1.46. The molecule has 0 aliphatic rings. The quantitative estimate of drug-likeness (QED) is 0.568. The standard InChI is InChI=1S/C17H12Cl2FN3S/c1-21-17-23(22-9-11-4-2-3-5-15(11)20)16(10-24-17)13-7-6-12(18)8-14(13)19/h2-10H,1H3/b21-17?,22-9+. The fraction of sp³-hybridized carbons (Fsp3) is 0.0588. The van der Waals surface area contributed by atoms with Gasteiger partial charge in [0.2, 0.25) is 4.80 Å². The molecule has 7 heteroatoms. The molecule has 0 spiro atoms. The number of nitrogens with zero attached hydrogens (tertiary/aromatic N) is 3. The van der Waals surface area contributed by atoms with E-state index >= 15 is 0 Å². The first-order valence-electron chi connectivity index (χ1n) is 6.98. The van der Waals surface area contributed by atoms with Crippen LogP contribution < -0.4 is 4.80 Å². The van der Waals surface area contributed by atoms with E-state index in [1.54, 1.807) is 42.1 Å². The van der Waals surface area contributed by atoms with E-state index in [1.165, 1.54) is 23.6 Å². The molecule has 3 aromatic rings. The fourth-order valence-electron chi connectivity index (χ4n) is 2.14. The van der Waals surface area contributed by atoms with Crippen molar-refractivity contribution >= 4 is 40.8 Å². The molecule has 0 saturated heterocycles. The molecular weight excluding hydrogens is 368 g/mol. The highest BCUT2D eigenvalue weighted by Gasteiger charge is 2.11. The summed E-state index contributed by atoms with van der Waals surface area (Å²) >= 11 is 13.7. The predicted octanol–water partition coefficient (Wildman–Crippen LogP) is 5.08. The molecule has 0 amide bonds. The number of hydrogen-bond acceptors (Lipinski definition) is 3. The Bertz CT molecular complexity index is 976. The minimum absolute atomic E-state index is 0.335. The first-order valence-corrected chi connectivity index (χ1v) is 8.61. The number of thiazole rings is 1. The van der Waals surface area contributed by atoms with Crippen LogP contribution in [0.4, 0.5) is 4.39 Å². The van der Waals surface area contributed by atoms with Crippen LogP contribution in [-0.4, -0.2) is 17.9 Å². The minimum Gasteiger partial charge on any atom is -0.261 e. The molecule has 0 atom stereocenters. The highest BCUT2D eigenvalue weighted by Crippen LogP contribution is 2.30. The average Bonchev–Trinajstić information content (AvgIpc) is 2.97. The number of halogens is 3. The minimum atomic E-state index is -0.335. The SMILES string of the molecule is CN=c1scc(-c2ccc(Cl)cc2Cl)n1/N=C/c1ccccc1F. The number of benzene rings is 2. The molecule has 0 saturated carbocycles. The van der Waals surface area contributed by atoms with Gasteiger partial charge in [-0.1, -0.05) is 41.4 Å². The zero-order valence-electron chi connectivity index (χ0n) is 12.6. The summed E-state index contributed by atoms with van der Waals surface area (Å²) in [6.45, 7) is 0. The van der Waals surface area contributed by atoms with E-state index in [0.29, 0.717) is 20.4 Å². The molecule has 0 aliphatic carbocycles. The van der Waals surface area contributed by atoms with Crippen LogP contribution in [0.15, 0.2) is 57.9 Å². The van der Waals surface area contributed by atoms with Crippen LogP contribution in [-0.2, 0) is 0 Å². The Morgan fingerprint density at radius 2 is 1.96 bits per heavy atom. The lowest BCUT2D eigenvalue weighted by molar-refractivity contribution is 0.625. The Hall–Kier alpha value is -1.95. The van der Waals surface area contributed by atoms with Crippen molar-refractivity contribution in [2.75, 3.05) is 7.05 Å². The number of hydrogen-bond donors (Lipinski definition) is 0. The molecule has 2 aromatic carbocycles. The van der Waals surface area contributed by atoms with Crippen LogP contribution >= 0.6 is 34.5 Å². The van der Waals surface area contributed by atoms with E-state index in [4.69, 9.17) is 23.2 Å². The average molecular weight is 380 g/mol. The lowest BCUT2D eigenvalue weighted by atomic mass is 10.2. The first-order chi connectivity index (χ1) is 11.6. The van der Waals surface area contributed by atoms with Crippen LogP contribution in [0.2, 0.25) is 10.0 Å². The van der Waals surface area contributed by atoms with Gasteiger partial charge in [-0.05, 0) is 24.3 Å².